The zero-order valence-electron chi connectivity index (χ0n) is 23.5. The van der Waals surface area contributed by atoms with Crippen LogP contribution < -0.4 is 0 Å². The van der Waals surface area contributed by atoms with Gasteiger partial charge < -0.3 is 10.2 Å². The molecule has 0 aromatic carbocycles. The lowest BCUT2D eigenvalue weighted by molar-refractivity contribution is 0.0111. The molecule has 34 heavy (non-hydrogen) atoms. The first-order chi connectivity index (χ1) is 15.9. The van der Waals surface area contributed by atoms with Crippen molar-refractivity contribution in [3.05, 3.63) is 23.3 Å². The molecular weight excluding hydrogens is 416 g/mol. The first-order valence-corrected chi connectivity index (χ1v) is 14.7. The summed E-state index contributed by atoms with van der Waals surface area (Å²) >= 11 is 0. The van der Waals surface area contributed by atoms with Crippen LogP contribution in [-0.2, 0) is 0 Å². The van der Waals surface area contributed by atoms with Crippen LogP contribution >= 0.6 is 0 Å². The molecule has 0 spiro atoms. The molecule has 0 heterocycles. The molecule has 2 heteroatoms. The zero-order chi connectivity index (χ0) is 25.0. The van der Waals surface area contributed by atoms with Gasteiger partial charge in [0.25, 0.3) is 0 Å². The number of hydrogen-bond donors (Lipinski definition) is 2. The maximum atomic E-state index is 10.4. The van der Waals surface area contributed by atoms with E-state index in [1.54, 1.807) is 5.57 Å². The van der Waals surface area contributed by atoms with Crippen molar-refractivity contribution in [2.45, 2.75) is 150 Å². The van der Waals surface area contributed by atoms with E-state index in [0.717, 1.165) is 49.9 Å². The Morgan fingerprint density at radius 3 is 2.38 bits per heavy atom. The van der Waals surface area contributed by atoms with E-state index in [1.807, 2.05) is 13.8 Å². The van der Waals surface area contributed by atoms with Gasteiger partial charge in [0.2, 0.25) is 0 Å². The Kier molecular flexibility index (Phi) is 9.57. The monoisotopic (exact) mass is 472 g/mol. The molecule has 0 aliphatic heterocycles. The van der Waals surface area contributed by atoms with Crippen LogP contribution in [0.5, 0.6) is 0 Å². The predicted octanol–water partition coefficient (Wildman–Crippen LogP) is 8.76. The summed E-state index contributed by atoms with van der Waals surface area (Å²) in [5.41, 5.74) is 3.39. The molecule has 2 N–H and O–H groups in total. The third-order valence-electron chi connectivity index (χ3n) is 9.94. The van der Waals surface area contributed by atoms with Crippen LogP contribution in [0.4, 0.5) is 0 Å². The fourth-order valence-electron chi connectivity index (χ4n) is 8.14. The van der Waals surface area contributed by atoms with Crippen molar-refractivity contribution in [3.8, 4) is 0 Å². The summed E-state index contributed by atoms with van der Waals surface area (Å²) in [6.45, 7) is 13.9. The largest absolute Gasteiger partial charge is 0.393 e. The summed E-state index contributed by atoms with van der Waals surface area (Å²) in [6.07, 6.45) is 22.9. The molecular formula is C32H56O2. The van der Waals surface area contributed by atoms with Crippen LogP contribution in [0.1, 0.15) is 138 Å². The molecule has 3 aliphatic rings. The molecule has 0 radical (unpaired) electrons. The van der Waals surface area contributed by atoms with Gasteiger partial charge in [-0.15, -0.1) is 0 Å². The van der Waals surface area contributed by atoms with Crippen LogP contribution in [0, 0.1) is 28.6 Å². The van der Waals surface area contributed by atoms with Gasteiger partial charge in [0.15, 0.2) is 0 Å². The maximum absolute atomic E-state index is 10.4. The number of aliphatic hydroxyl groups excluding tert-OH is 1. The molecule has 0 bridgehead atoms. The molecule has 0 saturated heterocycles. The quantitative estimate of drug-likeness (QED) is 0.333. The molecule has 2 nitrogen and oxygen atoms in total. The van der Waals surface area contributed by atoms with Crippen molar-refractivity contribution in [2.75, 3.05) is 0 Å². The van der Waals surface area contributed by atoms with Crippen LogP contribution in [0.15, 0.2) is 23.3 Å². The second-order valence-electron chi connectivity index (χ2n) is 14.0. The van der Waals surface area contributed by atoms with Crippen molar-refractivity contribution in [3.63, 3.8) is 0 Å². The molecule has 0 aromatic rings. The van der Waals surface area contributed by atoms with E-state index in [9.17, 15) is 10.2 Å². The van der Waals surface area contributed by atoms with Crippen LogP contribution in [-0.4, -0.2) is 21.9 Å². The van der Waals surface area contributed by atoms with E-state index in [1.165, 1.54) is 69.8 Å². The van der Waals surface area contributed by atoms with Crippen molar-refractivity contribution >= 4 is 0 Å². The smallest absolute Gasteiger partial charge is 0.0591 e. The van der Waals surface area contributed by atoms with Gasteiger partial charge in [0.1, 0.15) is 0 Å². The Morgan fingerprint density at radius 2 is 1.71 bits per heavy atom. The third kappa shape index (κ3) is 7.22. The lowest BCUT2D eigenvalue weighted by Crippen LogP contribution is -2.41. The second-order valence-corrected chi connectivity index (χ2v) is 14.0. The van der Waals surface area contributed by atoms with Gasteiger partial charge in [-0.1, -0.05) is 70.3 Å². The number of rotatable bonds is 10. The summed E-state index contributed by atoms with van der Waals surface area (Å²) < 4.78 is 0. The normalized spacial score (nSPS) is 34.6. The number of aliphatic hydroxyl groups is 2. The van der Waals surface area contributed by atoms with Gasteiger partial charge in [-0.2, -0.15) is 0 Å². The fourth-order valence-corrected chi connectivity index (χ4v) is 8.14. The summed E-state index contributed by atoms with van der Waals surface area (Å²) in [6, 6.07) is 0. The van der Waals surface area contributed by atoms with Gasteiger partial charge in [-0.3, -0.25) is 0 Å². The maximum Gasteiger partial charge on any atom is 0.0591 e. The van der Waals surface area contributed by atoms with E-state index in [0.29, 0.717) is 10.8 Å². The Labute approximate surface area is 211 Å². The van der Waals surface area contributed by atoms with Crippen LogP contribution in [0.25, 0.3) is 0 Å². The highest BCUT2D eigenvalue weighted by Crippen LogP contribution is 2.64. The molecule has 3 saturated carbocycles. The van der Waals surface area contributed by atoms with Gasteiger partial charge in [-0.05, 0) is 119 Å². The standard InChI is InChI=1S/C32H56O2/c1-24(2)11-8-20-31(5,21-10-19-30(3,4)34)29-18-17-28-26(13-9-22-32(28,29)6)16-15-25-12-7-14-27(33)23-25/h15-16,24,27-29,33-34H,7-14,17-23H2,1-6H3/b25-15-,26-16+/t27-,28?,29+,31?,32-/m0/s1. The van der Waals surface area contributed by atoms with Crippen LogP contribution in [0.3, 0.4) is 0 Å². The van der Waals surface area contributed by atoms with Crippen molar-refractivity contribution < 1.29 is 10.2 Å². The van der Waals surface area contributed by atoms with Crippen molar-refractivity contribution in [1.29, 1.82) is 0 Å². The summed E-state index contributed by atoms with van der Waals surface area (Å²) in [7, 11) is 0. The lowest BCUT2D eigenvalue weighted by Gasteiger charge is -2.50. The van der Waals surface area contributed by atoms with Crippen LogP contribution in [0.2, 0.25) is 0 Å². The Morgan fingerprint density at radius 1 is 0.971 bits per heavy atom. The van der Waals surface area contributed by atoms with Gasteiger partial charge in [0.05, 0.1) is 11.7 Å². The molecule has 5 atom stereocenters. The second kappa shape index (κ2) is 11.6. The van der Waals surface area contributed by atoms with Crippen molar-refractivity contribution in [2.24, 2.45) is 28.6 Å². The highest BCUT2D eigenvalue weighted by atomic mass is 16.3. The average molecular weight is 473 g/mol. The minimum absolute atomic E-state index is 0.124. The van der Waals surface area contributed by atoms with Crippen molar-refractivity contribution in [1.82, 2.24) is 0 Å². The van der Waals surface area contributed by atoms with Gasteiger partial charge in [-0.25, -0.2) is 0 Å². The molecule has 3 rings (SSSR count). The Bertz CT molecular complexity index is 711. The fraction of sp³-hybridized carbons (Fsp3) is 0.875. The predicted molar refractivity (Wildman–Crippen MR) is 146 cm³/mol. The zero-order valence-corrected chi connectivity index (χ0v) is 23.5. The summed E-state index contributed by atoms with van der Waals surface area (Å²) in [5, 5.41) is 20.4. The molecule has 0 amide bonds. The number of fused-ring (bicyclic) bond motifs is 1. The minimum atomic E-state index is -0.554. The SMILES string of the molecule is CC(C)CCCC(C)(CCCC(C)(C)O)[C@H]1CCC2/C(=C/C=C3/CCC[C@H](O)C3)CCC[C@@]21C. The van der Waals surface area contributed by atoms with E-state index in [2.05, 4.69) is 39.8 Å². The lowest BCUT2D eigenvalue weighted by atomic mass is 9.55. The molecule has 3 fully saturated rings. The highest BCUT2D eigenvalue weighted by Gasteiger charge is 2.54. The average Bonchev–Trinajstić information content (AvgIpc) is 3.09. The number of allylic oxidation sites excluding steroid dienone is 3. The van der Waals surface area contributed by atoms with Gasteiger partial charge >= 0.3 is 0 Å². The van der Waals surface area contributed by atoms with E-state index in [-0.39, 0.29) is 6.10 Å². The highest BCUT2D eigenvalue weighted by molar-refractivity contribution is 5.26. The van der Waals surface area contributed by atoms with E-state index in [4.69, 9.17) is 0 Å². The molecule has 0 aromatic heterocycles. The first kappa shape index (κ1) is 28.0. The molecule has 196 valence electrons. The Balaban J connectivity index is 1.78. The Hall–Kier alpha value is -0.600. The molecule has 2 unspecified atom stereocenters. The van der Waals surface area contributed by atoms with E-state index < -0.39 is 5.60 Å². The van der Waals surface area contributed by atoms with Gasteiger partial charge in [0, 0.05) is 0 Å². The minimum Gasteiger partial charge on any atom is -0.393 e. The number of hydrogen-bond acceptors (Lipinski definition) is 2. The molecule has 3 aliphatic carbocycles. The summed E-state index contributed by atoms with van der Waals surface area (Å²) in [4.78, 5) is 0. The van der Waals surface area contributed by atoms with E-state index >= 15 is 0 Å². The third-order valence-corrected chi connectivity index (χ3v) is 9.94. The topological polar surface area (TPSA) is 40.5 Å². The summed E-state index contributed by atoms with van der Waals surface area (Å²) in [5.74, 6) is 2.30. The first-order valence-electron chi connectivity index (χ1n) is 14.7.